The Morgan fingerprint density at radius 2 is 1.81 bits per heavy atom. The Kier molecular flexibility index (Phi) is 6.51. The van der Waals surface area contributed by atoms with Crippen molar-refractivity contribution in [3.63, 3.8) is 0 Å². The summed E-state index contributed by atoms with van der Waals surface area (Å²) in [4.78, 5) is 35.5. The van der Waals surface area contributed by atoms with Crippen LogP contribution in [0, 0.1) is 10.1 Å². The number of hydrogen-bond acceptors (Lipinski definition) is 8. The van der Waals surface area contributed by atoms with E-state index in [2.05, 4.69) is 5.32 Å². The number of methoxy groups -OCH3 is 2. The van der Waals surface area contributed by atoms with E-state index in [0.29, 0.717) is 5.56 Å². The second kappa shape index (κ2) is 9.44. The van der Waals surface area contributed by atoms with Gasteiger partial charge in [0, 0.05) is 24.3 Å². The van der Waals surface area contributed by atoms with Gasteiger partial charge in [-0.1, -0.05) is 12.1 Å². The normalized spacial score (nSPS) is 10.3. The van der Waals surface area contributed by atoms with Crippen molar-refractivity contribution >= 4 is 23.3 Å². The highest BCUT2D eigenvalue weighted by molar-refractivity contribution is 6.07. The molecule has 1 amide bonds. The van der Waals surface area contributed by atoms with Gasteiger partial charge in [-0.2, -0.15) is 0 Å². The number of rotatable bonds is 8. The van der Waals surface area contributed by atoms with Crippen LogP contribution in [-0.2, 0) is 11.3 Å². The lowest BCUT2D eigenvalue weighted by atomic mass is 10.1. The second-order valence-electron chi connectivity index (χ2n) is 6.19. The zero-order valence-corrected chi connectivity index (χ0v) is 16.6. The van der Waals surface area contributed by atoms with Crippen molar-refractivity contribution in [2.45, 2.75) is 6.61 Å². The van der Waals surface area contributed by atoms with Crippen LogP contribution in [0.15, 0.2) is 59.2 Å². The van der Waals surface area contributed by atoms with Crippen molar-refractivity contribution in [3.05, 3.63) is 81.8 Å². The maximum absolute atomic E-state index is 12.8. The van der Waals surface area contributed by atoms with Gasteiger partial charge in [0.05, 0.1) is 36.7 Å². The third kappa shape index (κ3) is 4.99. The molecule has 0 saturated carbocycles. The molecule has 0 saturated heterocycles. The number of furan rings is 1. The highest BCUT2D eigenvalue weighted by atomic mass is 16.6. The van der Waals surface area contributed by atoms with Crippen molar-refractivity contribution in [2.75, 3.05) is 19.5 Å². The summed E-state index contributed by atoms with van der Waals surface area (Å²) in [6, 6.07) is 11.5. The third-order valence-corrected chi connectivity index (χ3v) is 4.23. The van der Waals surface area contributed by atoms with Gasteiger partial charge in [-0.3, -0.25) is 14.9 Å². The molecule has 10 heteroatoms. The van der Waals surface area contributed by atoms with Crippen molar-refractivity contribution < 1.29 is 33.1 Å². The van der Waals surface area contributed by atoms with Crippen LogP contribution in [0.1, 0.15) is 26.5 Å². The van der Waals surface area contributed by atoms with Crippen LogP contribution in [0.2, 0.25) is 0 Å². The number of nitrogens with one attached hydrogen (secondary N) is 1. The Hall–Kier alpha value is -4.34. The highest BCUT2D eigenvalue weighted by Gasteiger charge is 2.21. The molecule has 0 spiro atoms. The average Bonchev–Trinajstić information content (AvgIpc) is 3.32. The predicted molar refractivity (Wildman–Crippen MR) is 108 cm³/mol. The maximum atomic E-state index is 12.8. The number of esters is 1. The lowest BCUT2D eigenvalue weighted by Gasteiger charge is -2.15. The smallest absolute Gasteiger partial charge is 0.340 e. The van der Waals surface area contributed by atoms with Gasteiger partial charge in [-0.25, -0.2) is 4.79 Å². The monoisotopic (exact) mass is 426 g/mol. The number of non-ortho nitro benzene ring substituents is 1. The van der Waals surface area contributed by atoms with E-state index in [1.54, 1.807) is 12.1 Å². The summed E-state index contributed by atoms with van der Waals surface area (Å²) in [5, 5.41) is 13.5. The number of carbonyl (C=O) groups excluding carboxylic acids is 2. The van der Waals surface area contributed by atoms with Gasteiger partial charge in [0.1, 0.15) is 6.61 Å². The Labute approximate surface area is 176 Å². The molecule has 1 aromatic heterocycles. The van der Waals surface area contributed by atoms with Gasteiger partial charge in [0.2, 0.25) is 0 Å². The van der Waals surface area contributed by atoms with E-state index >= 15 is 0 Å². The summed E-state index contributed by atoms with van der Waals surface area (Å²) in [7, 11) is 2.81. The van der Waals surface area contributed by atoms with Crippen LogP contribution in [0.4, 0.5) is 11.4 Å². The van der Waals surface area contributed by atoms with E-state index in [4.69, 9.17) is 18.6 Å². The first-order valence-corrected chi connectivity index (χ1v) is 8.94. The largest absolute Gasteiger partial charge is 0.493 e. The maximum Gasteiger partial charge on any atom is 0.340 e. The van der Waals surface area contributed by atoms with Gasteiger partial charge in [0.25, 0.3) is 11.6 Å². The third-order valence-electron chi connectivity index (χ3n) is 4.23. The number of amides is 1. The molecule has 3 rings (SSSR count). The summed E-state index contributed by atoms with van der Waals surface area (Å²) >= 11 is 0. The van der Waals surface area contributed by atoms with Crippen molar-refractivity contribution in [2.24, 2.45) is 0 Å². The van der Waals surface area contributed by atoms with Gasteiger partial charge in [-0.05, 0) is 17.7 Å². The minimum atomic E-state index is -0.776. The molecule has 1 heterocycles. The molecule has 10 nitrogen and oxygen atoms in total. The first-order valence-electron chi connectivity index (χ1n) is 8.94. The average molecular weight is 426 g/mol. The van der Waals surface area contributed by atoms with E-state index in [1.165, 1.54) is 56.9 Å². The van der Waals surface area contributed by atoms with Crippen molar-refractivity contribution in [1.82, 2.24) is 0 Å². The molecule has 31 heavy (non-hydrogen) atoms. The minimum Gasteiger partial charge on any atom is -0.493 e. The summed E-state index contributed by atoms with van der Waals surface area (Å²) in [6.07, 6.45) is 1.34. The Balaban J connectivity index is 1.86. The van der Waals surface area contributed by atoms with Crippen LogP contribution < -0.4 is 14.8 Å². The predicted octanol–water partition coefficient (Wildman–Crippen LogP) is 3.81. The molecule has 0 aliphatic heterocycles. The highest BCUT2D eigenvalue weighted by Crippen LogP contribution is 2.34. The molecule has 0 bridgehead atoms. The number of carbonyl (C=O) groups is 2. The Bertz CT molecular complexity index is 1110. The van der Waals surface area contributed by atoms with E-state index in [1.807, 2.05) is 0 Å². The summed E-state index contributed by atoms with van der Waals surface area (Å²) in [5.41, 5.74) is 0.432. The quantitative estimate of drug-likeness (QED) is 0.327. The zero-order chi connectivity index (χ0) is 22.4. The first kappa shape index (κ1) is 21.4. The van der Waals surface area contributed by atoms with E-state index in [-0.39, 0.29) is 40.8 Å². The van der Waals surface area contributed by atoms with Gasteiger partial charge in [-0.15, -0.1) is 0 Å². The number of nitrogens with zero attached hydrogens (tertiary/aromatic N) is 1. The summed E-state index contributed by atoms with van der Waals surface area (Å²) in [6.45, 7) is -0.208. The van der Waals surface area contributed by atoms with Crippen LogP contribution in [0.5, 0.6) is 11.5 Å². The van der Waals surface area contributed by atoms with Crippen LogP contribution in [0.3, 0.4) is 0 Å². The van der Waals surface area contributed by atoms with Gasteiger partial charge >= 0.3 is 5.97 Å². The molecule has 0 unspecified atom stereocenters. The number of hydrogen-bond donors (Lipinski definition) is 1. The molecular weight excluding hydrogens is 408 g/mol. The van der Waals surface area contributed by atoms with E-state index in [0.717, 1.165) is 0 Å². The fourth-order valence-corrected chi connectivity index (χ4v) is 2.73. The van der Waals surface area contributed by atoms with Crippen molar-refractivity contribution in [3.8, 4) is 11.5 Å². The fourth-order valence-electron chi connectivity index (χ4n) is 2.73. The molecule has 0 radical (unpaired) electrons. The lowest BCUT2D eigenvalue weighted by molar-refractivity contribution is -0.384. The minimum absolute atomic E-state index is 0.00277. The zero-order valence-electron chi connectivity index (χ0n) is 16.6. The second-order valence-corrected chi connectivity index (χ2v) is 6.19. The SMILES string of the molecule is COc1cc(NC(=O)c2ccco2)c(C(=O)OCc2cccc([N+](=O)[O-])c2)cc1OC. The van der Waals surface area contributed by atoms with Gasteiger partial charge in [0.15, 0.2) is 17.3 Å². The van der Waals surface area contributed by atoms with Gasteiger partial charge < -0.3 is 23.9 Å². The molecule has 3 aromatic rings. The number of benzene rings is 2. The fraction of sp³-hybridized carbons (Fsp3) is 0.143. The molecule has 160 valence electrons. The molecule has 0 aliphatic rings. The number of nitro benzene ring substituents is 1. The standard InChI is InChI=1S/C21H18N2O8/c1-28-18-10-15(21(25)31-12-13-5-3-6-14(9-13)23(26)27)16(11-19(18)29-2)22-20(24)17-7-4-8-30-17/h3-11H,12H2,1-2H3,(H,22,24). The number of ether oxygens (including phenoxy) is 3. The molecular formula is C21H18N2O8. The molecule has 0 fully saturated rings. The van der Waals surface area contributed by atoms with E-state index in [9.17, 15) is 19.7 Å². The lowest BCUT2D eigenvalue weighted by Crippen LogP contribution is -2.16. The van der Waals surface area contributed by atoms with Crippen LogP contribution in [-0.4, -0.2) is 31.0 Å². The van der Waals surface area contributed by atoms with Crippen LogP contribution in [0.25, 0.3) is 0 Å². The molecule has 1 N–H and O–H groups in total. The Morgan fingerprint density at radius 1 is 1.06 bits per heavy atom. The first-order chi connectivity index (χ1) is 14.9. The topological polar surface area (TPSA) is 130 Å². The number of anilines is 1. The summed E-state index contributed by atoms with van der Waals surface area (Å²) < 4.78 is 20.8. The summed E-state index contributed by atoms with van der Waals surface area (Å²) in [5.74, 6) is -0.772. The number of nitro groups is 1. The van der Waals surface area contributed by atoms with E-state index < -0.39 is 16.8 Å². The Morgan fingerprint density at radius 3 is 2.45 bits per heavy atom. The van der Waals surface area contributed by atoms with Crippen LogP contribution >= 0.6 is 0 Å². The molecule has 0 atom stereocenters. The van der Waals surface area contributed by atoms with Crippen molar-refractivity contribution in [1.29, 1.82) is 0 Å². The molecule has 2 aromatic carbocycles. The molecule has 0 aliphatic carbocycles.